The van der Waals surface area contributed by atoms with Crippen LogP contribution in [0, 0.1) is 6.92 Å². The predicted octanol–water partition coefficient (Wildman–Crippen LogP) is 1.06. The molecule has 5 heteroatoms. The van der Waals surface area contributed by atoms with Gasteiger partial charge in [0.05, 0.1) is 12.8 Å². The van der Waals surface area contributed by atoms with Crippen molar-refractivity contribution in [1.29, 1.82) is 0 Å². The fourth-order valence-electron chi connectivity index (χ4n) is 1.52. The van der Waals surface area contributed by atoms with E-state index in [9.17, 15) is 4.79 Å². The highest BCUT2D eigenvalue weighted by atomic mass is 16.5. The third-order valence-corrected chi connectivity index (χ3v) is 2.17. The summed E-state index contributed by atoms with van der Waals surface area (Å²) in [7, 11) is 3.17. The first-order chi connectivity index (χ1) is 7.11. The van der Waals surface area contributed by atoms with Gasteiger partial charge in [0.25, 0.3) is 0 Å². The Labute approximate surface area is 86.7 Å². The number of nitrogens with zero attached hydrogens (tertiary/aromatic N) is 3. The Morgan fingerprint density at radius 2 is 2.27 bits per heavy atom. The van der Waals surface area contributed by atoms with Crippen LogP contribution < -0.4 is 0 Å². The number of aromatic nitrogens is 3. The molecule has 0 N–H and O–H groups in total. The van der Waals surface area contributed by atoms with Crippen LogP contribution in [0.25, 0.3) is 10.9 Å². The van der Waals surface area contributed by atoms with Crippen LogP contribution in [0.2, 0.25) is 0 Å². The molecule has 2 aromatic rings. The number of esters is 1. The molecule has 0 spiro atoms. The standard InChI is InChI=1S/C10H11N3O2/c1-6-9-7(5-13(2)12-9)4-8(11-6)10(14)15-3/h4-5H,1-3H3. The topological polar surface area (TPSA) is 57.0 Å². The molecule has 0 aliphatic rings. The van der Waals surface area contributed by atoms with E-state index in [1.807, 2.05) is 20.2 Å². The minimum Gasteiger partial charge on any atom is -0.464 e. The second kappa shape index (κ2) is 3.34. The highest BCUT2D eigenvalue weighted by Gasteiger charge is 2.11. The van der Waals surface area contributed by atoms with E-state index >= 15 is 0 Å². The van der Waals surface area contributed by atoms with Crippen molar-refractivity contribution in [3.63, 3.8) is 0 Å². The van der Waals surface area contributed by atoms with Gasteiger partial charge in [0.1, 0.15) is 11.2 Å². The Morgan fingerprint density at radius 3 is 2.93 bits per heavy atom. The van der Waals surface area contributed by atoms with Gasteiger partial charge in [0.2, 0.25) is 0 Å². The van der Waals surface area contributed by atoms with Gasteiger partial charge in [-0.15, -0.1) is 0 Å². The molecule has 78 valence electrons. The maximum absolute atomic E-state index is 11.3. The lowest BCUT2D eigenvalue weighted by atomic mass is 10.2. The number of hydrogen-bond acceptors (Lipinski definition) is 4. The summed E-state index contributed by atoms with van der Waals surface area (Å²) in [5, 5.41) is 5.13. The maximum atomic E-state index is 11.3. The average Bonchev–Trinajstić information content (AvgIpc) is 2.58. The summed E-state index contributed by atoms with van der Waals surface area (Å²) in [6.45, 7) is 1.82. The van der Waals surface area contributed by atoms with Gasteiger partial charge in [0, 0.05) is 18.6 Å². The van der Waals surface area contributed by atoms with E-state index in [0.717, 1.165) is 16.6 Å². The number of pyridine rings is 1. The highest BCUT2D eigenvalue weighted by molar-refractivity contribution is 5.92. The zero-order valence-corrected chi connectivity index (χ0v) is 8.81. The Hall–Kier alpha value is -1.91. The number of carbonyl (C=O) groups is 1. The third kappa shape index (κ3) is 1.56. The van der Waals surface area contributed by atoms with E-state index < -0.39 is 5.97 Å². The van der Waals surface area contributed by atoms with E-state index in [2.05, 4.69) is 14.8 Å². The van der Waals surface area contributed by atoms with E-state index in [-0.39, 0.29) is 0 Å². The van der Waals surface area contributed by atoms with Crippen LogP contribution in [0.1, 0.15) is 16.2 Å². The van der Waals surface area contributed by atoms with Crippen molar-refractivity contribution in [2.24, 2.45) is 7.05 Å². The second-order valence-electron chi connectivity index (χ2n) is 3.33. The van der Waals surface area contributed by atoms with Gasteiger partial charge in [-0.2, -0.15) is 5.10 Å². The number of fused-ring (bicyclic) bond motifs is 1. The number of hydrogen-bond donors (Lipinski definition) is 0. The van der Waals surface area contributed by atoms with E-state index in [1.54, 1.807) is 10.7 Å². The Bertz CT molecular complexity index is 531. The Kier molecular flexibility index (Phi) is 2.15. The lowest BCUT2D eigenvalue weighted by Gasteiger charge is -1.99. The number of rotatable bonds is 1. The van der Waals surface area contributed by atoms with Gasteiger partial charge >= 0.3 is 5.97 Å². The van der Waals surface area contributed by atoms with Gasteiger partial charge in [0.15, 0.2) is 0 Å². The van der Waals surface area contributed by atoms with Gasteiger partial charge in [-0.3, -0.25) is 4.68 Å². The first kappa shape index (κ1) is 9.64. The molecule has 2 heterocycles. The molecule has 0 aliphatic carbocycles. The van der Waals surface area contributed by atoms with Gasteiger partial charge in [-0.1, -0.05) is 0 Å². The summed E-state index contributed by atoms with van der Waals surface area (Å²) in [6, 6.07) is 1.68. The van der Waals surface area contributed by atoms with E-state index in [1.165, 1.54) is 7.11 Å². The van der Waals surface area contributed by atoms with Crippen LogP contribution in [0.4, 0.5) is 0 Å². The normalized spacial score (nSPS) is 10.6. The van der Waals surface area contributed by atoms with Gasteiger partial charge < -0.3 is 4.74 Å². The third-order valence-electron chi connectivity index (χ3n) is 2.17. The summed E-state index contributed by atoms with van der Waals surface area (Å²) < 4.78 is 6.31. The fourth-order valence-corrected chi connectivity index (χ4v) is 1.52. The monoisotopic (exact) mass is 205 g/mol. The zero-order chi connectivity index (χ0) is 11.0. The molecule has 0 aromatic carbocycles. The molecule has 15 heavy (non-hydrogen) atoms. The maximum Gasteiger partial charge on any atom is 0.356 e. The first-order valence-electron chi connectivity index (χ1n) is 4.51. The van der Waals surface area contributed by atoms with Crippen molar-refractivity contribution in [3.8, 4) is 0 Å². The lowest BCUT2D eigenvalue weighted by Crippen LogP contribution is -2.05. The van der Waals surface area contributed by atoms with E-state index in [4.69, 9.17) is 0 Å². The van der Waals surface area contributed by atoms with Crippen LogP contribution >= 0.6 is 0 Å². The molecule has 0 amide bonds. The van der Waals surface area contributed by atoms with Crippen LogP contribution in [0.15, 0.2) is 12.3 Å². The number of aryl methyl sites for hydroxylation is 2. The van der Waals surface area contributed by atoms with Crippen molar-refractivity contribution >= 4 is 16.9 Å². The zero-order valence-electron chi connectivity index (χ0n) is 8.81. The molecular formula is C10H11N3O2. The average molecular weight is 205 g/mol. The number of methoxy groups -OCH3 is 1. The molecule has 0 saturated heterocycles. The highest BCUT2D eigenvalue weighted by Crippen LogP contribution is 2.16. The molecule has 0 unspecified atom stereocenters. The summed E-state index contributed by atoms with van der Waals surface area (Å²) in [6.07, 6.45) is 1.84. The number of carbonyl (C=O) groups excluding carboxylic acids is 1. The van der Waals surface area contributed by atoms with Crippen molar-refractivity contribution < 1.29 is 9.53 Å². The van der Waals surface area contributed by atoms with Crippen molar-refractivity contribution in [2.75, 3.05) is 7.11 Å². The smallest absolute Gasteiger partial charge is 0.356 e. The van der Waals surface area contributed by atoms with Crippen LogP contribution in [-0.4, -0.2) is 27.8 Å². The minimum absolute atomic E-state index is 0.315. The lowest BCUT2D eigenvalue weighted by molar-refractivity contribution is 0.0594. The molecule has 0 bridgehead atoms. The van der Waals surface area contributed by atoms with Crippen LogP contribution in [-0.2, 0) is 11.8 Å². The fraction of sp³-hybridized carbons (Fsp3) is 0.300. The molecule has 2 rings (SSSR count). The Balaban J connectivity index is 2.66. The van der Waals surface area contributed by atoms with Crippen LogP contribution in [0.5, 0.6) is 0 Å². The van der Waals surface area contributed by atoms with Crippen molar-refractivity contribution in [1.82, 2.24) is 14.8 Å². The molecular weight excluding hydrogens is 194 g/mol. The molecule has 5 nitrogen and oxygen atoms in total. The molecule has 0 radical (unpaired) electrons. The predicted molar refractivity (Wildman–Crippen MR) is 54.6 cm³/mol. The molecule has 0 saturated carbocycles. The molecule has 0 aliphatic heterocycles. The van der Waals surface area contributed by atoms with Crippen LogP contribution in [0.3, 0.4) is 0 Å². The SMILES string of the molecule is COC(=O)c1cc2cn(C)nc2c(C)n1. The Morgan fingerprint density at radius 1 is 1.53 bits per heavy atom. The van der Waals surface area contributed by atoms with Crippen molar-refractivity contribution in [2.45, 2.75) is 6.92 Å². The van der Waals surface area contributed by atoms with Crippen molar-refractivity contribution in [3.05, 3.63) is 23.7 Å². The van der Waals surface area contributed by atoms with Gasteiger partial charge in [-0.05, 0) is 13.0 Å². The molecule has 0 fully saturated rings. The summed E-state index contributed by atoms with van der Waals surface area (Å²) in [5.41, 5.74) is 1.86. The molecule has 2 aromatic heterocycles. The summed E-state index contributed by atoms with van der Waals surface area (Å²) in [5.74, 6) is -0.427. The quantitative estimate of drug-likeness (QED) is 0.653. The summed E-state index contributed by atoms with van der Waals surface area (Å²) >= 11 is 0. The first-order valence-corrected chi connectivity index (χ1v) is 4.51. The van der Waals surface area contributed by atoms with Gasteiger partial charge in [-0.25, -0.2) is 9.78 Å². The summed E-state index contributed by atoms with van der Waals surface area (Å²) in [4.78, 5) is 15.4. The second-order valence-corrected chi connectivity index (χ2v) is 3.33. The minimum atomic E-state index is -0.427. The molecule has 0 atom stereocenters. The number of ether oxygens (including phenoxy) is 1. The largest absolute Gasteiger partial charge is 0.464 e. The van der Waals surface area contributed by atoms with E-state index in [0.29, 0.717) is 5.69 Å².